The number of rotatable bonds is 7. The van der Waals surface area contributed by atoms with E-state index in [-0.39, 0.29) is 25.4 Å². The molecule has 2 aliphatic heterocycles. The molecule has 6 rings (SSSR count). The predicted molar refractivity (Wildman–Crippen MR) is 131 cm³/mol. The Morgan fingerprint density at radius 2 is 1.69 bits per heavy atom. The first-order chi connectivity index (χ1) is 17.2. The van der Waals surface area contributed by atoms with E-state index in [4.69, 9.17) is 18.9 Å². The maximum absolute atomic E-state index is 13.2. The molecule has 0 unspecified atom stereocenters. The number of aromatic nitrogens is 1. The number of H-pyrrole nitrogens is 1. The van der Waals surface area contributed by atoms with Crippen molar-refractivity contribution >= 4 is 16.8 Å². The van der Waals surface area contributed by atoms with Crippen molar-refractivity contribution in [3.05, 3.63) is 83.0 Å². The van der Waals surface area contributed by atoms with Crippen LogP contribution >= 0.6 is 0 Å². The summed E-state index contributed by atoms with van der Waals surface area (Å²) in [6.07, 6.45) is 3.26. The van der Waals surface area contributed by atoms with Crippen molar-refractivity contribution in [3.8, 4) is 23.0 Å². The van der Waals surface area contributed by atoms with Gasteiger partial charge in [-0.05, 0) is 52.9 Å². The fourth-order valence-electron chi connectivity index (χ4n) is 4.87. The molecule has 35 heavy (non-hydrogen) atoms. The van der Waals surface area contributed by atoms with Crippen LogP contribution in [-0.2, 0) is 17.8 Å². The van der Waals surface area contributed by atoms with Gasteiger partial charge in [-0.2, -0.15) is 0 Å². The van der Waals surface area contributed by atoms with Crippen LogP contribution in [0.2, 0.25) is 0 Å². The molecule has 3 aromatic carbocycles. The molecule has 0 spiro atoms. The predicted octanol–water partition coefficient (Wildman–Crippen LogP) is 5.03. The van der Waals surface area contributed by atoms with Gasteiger partial charge in [0.2, 0.25) is 19.5 Å². The Kier molecular flexibility index (Phi) is 5.45. The van der Waals surface area contributed by atoms with Gasteiger partial charge >= 0.3 is 0 Å². The van der Waals surface area contributed by atoms with Gasteiger partial charge in [-0.15, -0.1) is 0 Å². The highest BCUT2D eigenvalue weighted by Gasteiger charge is 2.25. The van der Waals surface area contributed by atoms with E-state index in [1.807, 2.05) is 42.6 Å². The average Bonchev–Trinajstić information content (AvgIpc) is 3.64. The summed E-state index contributed by atoms with van der Waals surface area (Å²) in [5, 5.41) is 4.21. The molecule has 7 nitrogen and oxygen atoms in total. The summed E-state index contributed by atoms with van der Waals surface area (Å²) in [6, 6.07) is 18.0. The maximum Gasteiger partial charge on any atom is 0.231 e. The molecule has 0 fully saturated rings. The number of carbonyl (C=O) groups is 1. The van der Waals surface area contributed by atoms with Crippen molar-refractivity contribution in [3.63, 3.8) is 0 Å². The van der Waals surface area contributed by atoms with E-state index < -0.39 is 0 Å². The number of aromatic amines is 1. The molecule has 0 aliphatic carbocycles. The van der Waals surface area contributed by atoms with Crippen LogP contribution in [0.25, 0.3) is 10.9 Å². The zero-order valence-electron chi connectivity index (χ0n) is 19.4. The van der Waals surface area contributed by atoms with Gasteiger partial charge in [0, 0.05) is 36.0 Å². The lowest BCUT2D eigenvalue weighted by Crippen LogP contribution is -2.25. The first-order valence-electron chi connectivity index (χ1n) is 11.8. The molecule has 4 aromatic rings. The molecule has 0 bridgehead atoms. The van der Waals surface area contributed by atoms with Gasteiger partial charge in [0.15, 0.2) is 23.0 Å². The highest BCUT2D eigenvalue weighted by atomic mass is 16.7. The second-order valence-electron chi connectivity index (χ2n) is 8.77. The molecule has 3 heterocycles. The summed E-state index contributed by atoms with van der Waals surface area (Å²) < 4.78 is 21.9. The molecular weight excluding hydrogens is 444 g/mol. The lowest BCUT2D eigenvalue weighted by Gasteiger charge is -2.18. The van der Waals surface area contributed by atoms with E-state index in [9.17, 15) is 4.79 Å². The summed E-state index contributed by atoms with van der Waals surface area (Å²) >= 11 is 0. The minimum Gasteiger partial charge on any atom is -0.454 e. The number of ether oxygens (including phenoxy) is 4. The Morgan fingerprint density at radius 3 is 2.49 bits per heavy atom. The molecule has 2 aliphatic rings. The van der Waals surface area contributed by atoms with Gasteiger partial charge in [0.25, 0.3) is 0 Å². The second-order valence-corrected chi connectivity index (χ2v) is 8.77. The Labute approximate surface area is 203 Å². The standard InChI is InChI=1S/C28H26N2O5/c1-2-18-4-3-5-20-22(14-30-28(18)20)21(19-7-9-24-26(11-19)35-16-33-24)12-27(31)29-13-17-6-8-23-25(10-17)34-15-32-23/h3-11,14,21,30H,2,12-13,15-16H2,1H3,(H,29,31)/t21-/m0/s1. The van der Waals surface area contributed by atoms with Crippen LogP contribution in [-0.4, -0.2) is 24.5 Å². The van der Waals surface area contributed by atoms with E-state index in [1.54, 1.807) is 0 Å². The molecule has 2 N–H and O–H groups in total. The van der Waals surface area contributed by atoms with Crippen LogP contribution in [0.15, 0.2) is 60.8 Å². The Bertz CT molecular complexity index is 1410. The molecule has 7 heteroatoms. The largest absolute Gasteiger partial charge is 0.454 e. The van der Waals surface area contributed by atoms with Gasteiger partial charge in [-0.1, -0.05) is 37.3 Å². The van der Waals surface area contributed by atoms with Crippen molar-refractivity contribution in [2.24, 2.45) is 0 Å². The van der Waals surface area contributed by atoms with E-state index in [0.29, 0.717) is 24.5 Å². The van der Waals surface area contributed by atoms with E-state index in [2.05, 4.69) is 35.4 Å². The maximum atomic E-state index is 13.2. The first-order valence-corrected chi connectivity index (χ1v) is 11.8. The van der Waals surface area contributed by atoms with Crippen LogP contribution in [0, 0.1) is 0 Å². The average molecular weight is 471 g/mol. The van der Waals surface area contributed by atoms with Gasteiger partial charge < -0.3 is 29.2 Å². The topological polar surface area (TPSA) is 81.8 Å². The van der Waals surface area contributed by atoms with Gasteiger partial charge in [-0.25, -0.2) is 0 Å². The van der Waals surface area contributed by atoms with Crippen molar-refractivity contribution in [2.75, 3.05) is 13.6 Å². The monoisotopic (exact) mass is 470 g/mol. The second kappa shape index (κ2) is 8.91. The highest BCUT2D eigenvalue weighted by molar-refractivity contribution is 5.88. The minimum atomic E-state index is -0.151. The summed E-state index contributed by atoms with van der Waals surface area (Å²) in [5.74, 6) is 2.69. The minimum absolute atomic E-state index is 0.0358. The molecule has 0 radical (unpaired) electrons. The SMILES string of the molecule is CCc1cccc2c([C@@H](CC(=O)NCc3ccc4c(c3)OCO4)c3ccc4c(c3)OCO4)c[nH]c12. The van der Waals surface area contributed by atoms with Crippen LogP contribution in [0.4, 0.5) is 0 Å². The molecule has 1 atom stereocenters. The fraction of sp³-hybridized carbons (Fsp3) is 0.250. The van der Waals surface area contributed by atoms with Gasteiger partial charge in [0.1, 0.15) is 0 Å². The summed E-state index contributed by atoms with van der Waals surface area (Å²) in [4.78, 5) is 16.6. The number of carbonyl (C=O) groups excluding carboxylic acids is 1. The lowest BCUT2D eigenvalue weighted by atomic mass is 9.87. The summed E-state index contributed by atoms with van der Waals surface area (Å²) in [6.45, 7) is 3.00. The highest BCUT2D eigenvalue weighted by Crippen LogP contribution is 2.40. The number of hydrogen-bond donors (Lipinski definition) is 2. The van der Waals surface area contributed by atoms with Crippen molar-refractivity contribution in [1.29, 1.82) is 0 Å². The normalized spacial score (nSPS) is 14.3. The number of aryl methyl sites for hydroxylation is 1. The summed E-state index contributed by atoms with van der Waals surface area (Å²) in [7, 11) is 0. The number of benzene rings is 3. The molecule has 178 valence electrons. The smallest absolute Gasteiger partial charge is 0.231 e. The third kappa shape index (κ3) is 4.03. The Hall–Kier alpha value is -4.13. The molecule has 0 saturated carbocycles. The number of amides is 1. The van der Waals surface area contributed by atoms with Crippen LogP contribution in [0.5, 0.6) is 23.0 Å². The van der Waals surface area contributed by atoms with Crippen LogP contribution in [0.3, 0.4) is 0 Å². The number of para-hydroxylation sites is 1. The number of fused-ring (bicyclic) bond motifs is 3. The van der Waals surface area contributed by atoms with Crippen molar-refractivity contribution in [2.45, 2.75) is 32.2 Å². The van der Waals surface area contributed by atoms with Gasteiger partial charge in [0.05, 0.1) is 0 Å². The third-order valence-electron chi connectivity index (χ3n) is 6.71. The van der Waals surface area contributed by atoms with E-state index in [0.717, 1.165) is 45.5 Å². The Morgan fingerprint density at radius 1 is 0.943 bits per heavy atom. The van der Waals surface area contributed by atoms with E-state index >= 15 is 0 Å². The van der Waals surface area contributed by atoms with Crippen LogP contribution < -0.4 is 24.3 Å². The molecule has 1 aromatic heterocycles. The molecular formula is C28H26N2O5. The van der Waals surface area contributed by atoms with Gasteiger partial charge in [-0.3, -0.25) is 4.79 Å². The number of hydrogen-bond acceptors (Lipinski definition) is 5. The molecule has 1 amide bonds. The molecule has 0 saturated heterocycles. The zero-order chi connectivity index (χ0) is 23.8. The lowest BCUT2D eigenvalue weighted by molar-refractivity contribution is -0.121. The first kappa shape index (κ1) is 21.4. The zero-order valence-corrected chi connectivity index (χ0v) is 19.4. The van der Waals surface area contributed by atoms with Crippen LogP contribution in [0.1, 0.15) is 41.5 Å². The third-order valence-corrected chi connectivity index (χ3v) is 6.71. The van der Waals surface area contributed by atoms with Crippen molar-refractivity contribution < 1.29 is 23.7 Å². The number of nitrogens with one attached hydrogen (secondary N) is 2. The fourth-order valence-corrected chi connectivity index (χ4v) is 4.87. The Balaban J connectivity index is 1.28. The van der Waals surface area contributed by atoms with E-state index in [1.165, 1.54) is 5.56 Å². The summed E-state index contributed by atoms with van der Waals surface area (Å²) in [5.41, 5.74) is 5.44. The quantitative estimate of drug-likeness (QED) is 0.396. The van der Waals surface area contributed by atoms with Crippen molar-refractivity contribution in [1.82, 2.24) is 10.3 Å².